The fourth-order valence-corrected chi connectivity index (χ4v) is 4.22. The highest BCUT2D eigenvalue weighted by molar-refractivity contribution is 14.1. The lowest BCUT2D eigenvalue weighted by Gasteiger charge is -2.39. The molecule has 98 valence electrons. The van der Waals surface area contributed by atoms with E-state index in [2.05, 4.69) is 31.8 Å². The Bertz CT molecular complexity index is 276. The van der Waals surface area contributed by atoms with Crippen LogP contribution in [0.4, 0.5) is 0 Å². The van der Waals surface area contributed by atoms with Gasteiger partial charge in [0.25, 0.3) is 0 Å². The molecular formula is C12H21INO2P. The molecule has 1 saturated heterocycles. The highest BCUT2D eigenvalue weighted by atomic mass is 127. The number of halogens is 1. The van der Waals surface area contributed by atoms with Crippen molar-refractivity contribution in [2.45, 2.75) is 41.2 Å². The van der Waals surface area contributed by atoms with E-state index in [1.54, 1.807) is 0 Å². The molecule has 1 saturated carbocycles. The fraction of sp³-hybridized carbons (Fsp3) is 0.917. The number of nitrogens with zero attached hydrogens (tertiary/aromatic N) is 1. The van der Waals surface area contributed by atoms with Crippen molar-refractivity contribution >= 4 is 37.7 Å². The number of amides is 1. The molecule has 2 aliphatic rings. The number of hydrogen-bond donors (Lipinski definition) is 0. The number of rotatable bonds is 2. The van der Waals surface area contributed by atoms with Crippen LogP contribution in [0.2, 0.25) is 0 Å². The van der Waals surface area contributed by atoms with Crippen LogP contribution in [0.15, 0.2) is 0 Å². The second-order valence-corrected chi connectivity index (χ2v) is 7.49. The lowest BCUT2D eigenvalue weighted by molar-refractivity contribution is -0.135. The zero-order valence-electron chi connectivity index (χ0n) is 10.2. The van der Waals surface area contributed by atoms with Crippen molar-refractivity contribution in [3.8, 4) is 0 Å². The van der Waals surface area contributed by atoms with Gasteiger partial charge in [0, 0.05) is 18.2 Å². The lowest BCUT2D eigenvalue weighted by atomic mass is 9.85. The molecule has 1 aliphatic carbocycles. The van der Waals surface area contributed by atoms with Gasteiger partial charge >= 0.3 is 0 Å². The van der Waals surface area contributed by atoms with Gasteiger partial charge in [-0.05, 0) is 12.8 Å². The van der Waals surface area contributed by atoms with Gasteiger partial charge < -0.3 is 9.64 Å². The SMILES string of the molecule is O=C([C@@H](I)C1(P)CCCCC1)N1CCOCC1. The molecule has 1 aliphatic heterocycles. The van der Waals surface area contributed by atoms with Gasteiger partial charge in [-0.15, -0.1) is 9.24 Å². The average molecular weight is 369 g/mol. The summed E-state index contributed by atoms with van der Waals surface area (Å²) in [6, 6.07) is 0. The van der Waals surface area contributed by atoms with E-state index in [4.69, 9.17) is 4.74 Å². The smallest absolute Gasteiger partial charge is 0.236 e. The van der Waals surface area contributed by atoms with E-state index in [1.807, 2.05) is 4.90 Å². The Morgan fingerprint density at radius 1 is 1.24 bits per heavy atom. The Hall–Kier alpha value is 0.590. The first-order valence-electron chi connectivity index (χ1n) is 6.43. The van der Waals surface area contributed by atoms with Crippen LogP contribution >= 0.6 is 31.8 Å². The van der Waals surface area contributed by atoms with Gasteiger partial charge in [0.15, 0.2) is 0 Å². The topological polar surface area (TPSA) is 29.5 Å². The quantitative estimate of drug-likeness (QED) is 0.425. The summed E-state index contributed by atoms with van der Waals surface area (Å²) in [4.78, 5) is 14.4. The van der Waals surface area contributed by atoms with E-state index in [1.165, 1.54) is 32.1 Å². The van der Waals surface area contributed by atoms with Crippen molar-refractivity contribution in [2.75, 3.05) is 26.3 Å². The monoisotopic (exact) mass is 369 g/mol. The van der Waals surface area contributed by atoms with Gasteiger partial charge in [0.05, 0.1) is 17.1 Å². The molecule has 3 nitrogen and oxygen atoms in total. The Labute approximate surface area is 119 Å². The predicted octanol–water partition coefficient (Wildman–Crippen LogP) is 2.23. The molecule has 2 rings (SSSR count). The minimum atomic E-state index is 0.100. The molecule has 0 N–H and O–H groups in total. The summed E-state index contributed by atoms with van der Waals surface area (Å²) in [5, 5.41) is 0.133. The van der Waals surface area contributed by atoms with Crippen LogP contribution in [0.3, 0.4) is 0 Å². The maximum absolute atomic E-state index is 12.5. The molecule has 0 radical (unpaired) electrons. The molecule has 0 aromatic carbocycles. The van der Waals surface area contributed by atoms with Crippen molar-refractivity contribution in [1.29, 1.82) is 0 Å². The third kappa shape index (κ3) is 3.32. The molecular weight excluding hydrogens is 348 g/mol. The molecule has 0 aromatic heterocycles. The first-order chi connectivity index (χ1) is 8.13. The van der Waals surface area contributed by atoms with Crippen LogP contribution < -0.4 is 0 Å². The third-order valence-corrected chi connectivity index (χ3v) is 7.19. The summed E-state index contributed by atoms with van der Waals surface area (Å²) in [5.74, 6) is 0.311. The Morgan fingerprint density at radius 3 is 2.41 bits per heavy atom. The second kappa shape index (κ2) is 6.16. The molecule has 5 heteroatoms. The predicted molar refractivity (Wildman–Crippen MR) is 80.7 cm³/mol. The number of carbonyl (C=O) groups is 1. The zero-order valence-corrected chi connectivity index (χ0v) is 13.5. The van der Waals surface area contributed by atoms with Crippen LogP contribution in [0.1, 0.15) is 32.1 Å². The van der Waals surface area contributed by atoms with Crippen molar-refractivity contribution < 1.29 is 9.53 Å². The standard InChI is InChI=1S/C12H21INO2P/c13-10(12(17)4-2-1-3-5-12)11(15)14-6-8-16-9-7-14/h10H,1-9,17H2/t10-/m1/s1. The van der Waals surface area contributed by atoms with Crippen LogP contribution in [0, 0.1) is 0 Å². The summed E-state index contributed by atoms with van der Waals surface area (Å²) in [6.07, 6.45) is 6.19. The Balaban J connectivity index is 1.97. The summed E-state index contributed by atoms with van der Waals surface area (Å²) in [7, 11) is 2.98. The first kappa shape index (κ1) is 14.0. The van der Waals surface area contributed by atoms with Crippen LogP contribution in [-0.2, 0) is 9.53 Å². The van der Waals surface area contributed by atoms with Gasteiger partial charge in [-0.1, -0.05) is 41.9 Å². The van der Waals surface area contributed by atoms with E-state index < -0.39 is 0 Å². The van der Waals surface area contributed by atoms with Gasteiger partial charge in [-0.3, -0.25) is 4.79 Å². The van der Waals surface area contributed by atoms with E-state index in [0.29, 0.717) is 19.1 Å². The third-order valence-electron chi connectivity index (χ3n) is 3.83. The van der Waals surface area contributed by atoms with Gasteiger partial charge in [0.2, 0.25) is 5.91 Å². The van der Waals surface area contributed by atoms with Crippen molar-refractivity contribution in [3.63, 3.8) is 0 Å². The highest BCUT2D eigenvalue weighted by Crippen LogP contribution is 2.42. The summed E-state index contributed by atoms with van der Waals surface area (Å²) >= 11 is 2.35. The van der Waals surface area contributed by atoms with Crippen molar-refractivity contribution in [2.24, 2.45) is 0 Å². The molecule has 0 bridgehead atoms. The van der Waals surface area contributed by atoms with E-state index >= 15 is 0 Å². The van der Waals surface area contributed by atoms with Gasteiger partial charge in [-0.25, -0.2) is 0 Å². The Kier molecular flexibility index (Phi) is 5.07. The summed E-state index contributed by atoms with van der Waals surface area (Å²) in [5.41, 5.74) is 0. The van der Waals surface area contributed by atoms with Crippen LogP contribution in [0.25, 0.3) is 0 Å². The van der Waals surface area contributed by atoms with Gasteiger partial charge in [0.1, 0.15) is 0 Å². The van der Waals surface area contributed by atoms with Crippen LogP contribution in [0.5, 0.6) is 0 Å². The summed E-state index contributed by atoms with van der Waals surface area (Å²) < 4.78 is 5.40. The average Bonchev–Trinajstić information content (AvgIpc) is 2.39. The molecule has 0 aromatic rings. The fourth-order valence-electron chi connectivity index (χ4n) is 2.65. The number of ether oxygens (including phenoxy) is 1. The lowest BCUT2D eigenvalue weighted by Crippen LogP contribution is -2.50. The molecule has 0 spiro atoms. The molecule has 17 heavy (non-hydrogen) atoms. The van der Waals surface area contributed by atoms with E-state index in [0.717, 1.165) is 13.1 Å². The highest BCUT2D eigenvalue weighted by Gasteiger charge is 2.40. The minimum Gasteiger partial charge on any atom is -0.378 e. The second-order valence-electron chi connectivity index (χ2n) is 5.09. The van der Waals surface area contributed by atoms with Crippen molar-refractivity contribution in [1.82, 2.24) is 4.90 Å². The number of carbonyl (C=O) groups excluding carboxylic acids is 1. The molecule has 1 unspecified atom stereocenters. The summed E-state index contributed by atoms with van der Waals surface area (Å²) in [6.45, 7) is 2.91. The maximum Gasteiger partial charge on any atom is 0.236 e. The minimum absolute atomic E-state index is 0.100. The number of morpholine rings is 1. The van der Waals surface area contributed by atoms with E-state index in [9.17, 15) is 4.79 Å². The number of hydrogen-bond acceptors (Lipinski definition) is 2. The van der Waals surface area contributed by atoms with Crippen molar-refractivity contribution in [3.05, 3.63) is 0 Å². The first-order valence-corrected chi connectivity index (χ1v) is 8.25. The Morgan fingerprint density at radius 2 is 1.82 bits per heavy atom. The molecule has 1 amide bonds. The normalized spacial score (nSPS) is 26.6. The van der Waals surface area contributed by atoms with E-state index in [-0.39, 0.29) is 9.08 Å². The molecule has 1 heterocycles. The molecule has 2 fully saturated rings. The van der Waals surface area contributed by atoms with Gasteiger partial charge in [-0.2, -0.15) is 0 Å². The molecule has 2 atom stereocenters. The largest absolute Gasteiger partial charge is 0.378 e. The zero-order chi connectivity index (χ0) is 12.3. The number of alkyl halides is 1. The maximum atomic E-state index is 12.5. The van der Waals surface area contributed by atoms with Crippen LogP contribution in [-0.4, -0.2) is 46.2 Å².